The van der Waals surface area contributed by atoms with Crippen molar-refractivity contribution in [3.8, 4) is 0 Å². The molecule has 2 aliphatic rings. The Balaban J connectivity index is 1.64. The number of hydrogen-bond donors (Lipinski definition) is 1. The molecule has 0 radical (unpaired) electrons. The monoisotopic (exact) mass is 238 g/mol. The van der Waals surface area contributed by atoms with E-state index in [1.807, 2.05) is 0 Å². The van der Waals surface area contributed by atoms with E-state index in [0.29, 0.717) is 5.41 Å². The minimum atomic E-state index is 0.448. The zero-order chi connectivity index (χ0) is 12.3. The van der Waals surface area contributed by atoms with E-state index < -0.39 is 0 Å². The van der Waals surface area contributed by atoms with Crippen molar-refractivity contribution in [2.75, 3.05) is 19.6 Å². The van der Waals surface area contributed by atoms with Gasteiger partial charge in [0.15, 0.2) is 0 Å². The lowest BCUT2D eigenvalue weighted by molar-refractivity contribution is 0.221. The molecule has 0 amide bonds. The highest BCUT2D eigenvalue weighted by Gasteiger charge is 2.33. The molecule has 2 nitrogen and oxygen atoms in total. The second kappa shape index (κ2) is 5.71. The Morgan fingerprint density at radius 2 is 1.82 bits per heavy atom. The Bertz CT molecular complexity index is 229. The van der Waals surface area contributed by atoms with Crippen molar-refractivity contribution >= 4 is 0 Å². The highest BCUT2D eigenvalue weighted by atomic mass is 15.2. The minimum Gasteiger partial charge on any atom is -0.330 e. The molecule has 2 rings (SSSR count). The van der Waals surface area contributed by atoms with Gasteiger partial charge >= 0.3 is 0 Å². The summed E-state index contributed by atoms with van der Waals surface area (Å²) in [6.45, 7) is 8.28. The summed E-state index contributed by atoms with van der Waals surface area (Å²) in [5.74, 6) is 1.05. The zero-order valence-electron chi connectivity index (χ0n) is 11.8. The predicted octanol–water partition coefficient (Wildman–Crippen LogP) is 3.02. The Hall–Kier alpha value is -0.0800. The summed E-state index contributed by atoms with van der Waals surface area (Å²) in [5, 5.41) is 0. The van der Waals surface area contributed by atoms with Gasteiger partial charge in [0, 0.05) is 12.6 Å². The van der Waals surface area contributed by atoms with E-state index in [4.69, 9.17) is 5.73 Å². The van der Waals surface area contributed by atoms with Gasteiger partial charge in [0.25, 0.3) is 0 Å². The molecule has 0 saturated heterocycles. The van der Waals surface area contributed by atoms with Gasteiger partial charge in [0.1, 0.15) is 0 Å². The van der Waals surface area contributed by atoms with E-state index >= 15 is 0 Å². The summed E-state index contributed by atoms with van der Waals surface area (Å²) in [6, 6.07) is 0.952. The fourth-order valence-electron chi connectivity index (χ4n) is 2.77. The molecule has 17 heavy (non-hydrogen) atoms. The normalized spacial score (nSPS) is 21.2. The van der Waals surface area contributed by atoms with Gasteiger partial charge < -0.3 is 10.6 Å². The maximum Gasteiger partial charge on any atom is 0.00965 e. The Labute approximate surface area is 107 Å². The maximum absolute atomic E-state index is 5.67. The van der Waals surface area contributed by atoms with Crippen LogP contribution in [-0.2, 0) is 0 Å². The SMILES string of the molecule is CC(C)(CCN)CCCN(CC1CC1)C1CC1. The lowest BCUT2D eigenvalue weighted by Crippen LogP contribution is -2.30. The summed E-state index contributed by atoms with van der Waals surface area (Å²) >= 11 is 0. The first-order valence-corrected chi connectivity index (χ1v) is 7.55. The third-order valence-electron chi connectivity index (χ3n) is 4.37. The van der Waals surface area contributed by atoms with E-state index in [2.05, 4.69) is 18.7 Å². The molecule has 0 unspecified atom stereocenters. The molecule has 0 aromatic rings. The summed E-state index contributed by atoms with van der Waals surface area (Å²) in [6.07, 6.45) is 9.74. The van der Waals surface area contributed by atoms with Crippen LogP contribution in [0.3, 0.4) is 0 Å². The second-order valence-corrected chi connectivity index (χ2v) is 6.98. The third-order valence-corrected chi connectivity index (χ3v) is 4.37. The first-order valence-electron chi connectivity index (χ1n) is 7.55. The Morgan fingerprint density at radius 3 is 2.35 bits per heavy atom. The van der Waals surface area contributed by atoms with Gasteiger partial charge in [-0.25, -0.2) is 0 Å². The van der Waals surface area contributed by atoms with Crippen LogP contribution in [0.1, 0.15) is 58.8 Å². The third kappa shape index (κ3) is 4.97. The average Bonchev–Trinajstić information content (AvgIpc) is 3.11. The van der Waals surface area contributed by atoms with Crippen LogP contribution in [0.5, 0.6) is 0 Å². The van der Waals surface area contributed by atoms with Crippen LogP contribution >= 0.6 is 0 Å². The van der Waals surface area contributed by atoms with Crippen molar-refractivity contribution in [3.63, 3.8) is 0 Å². The van der Waals surface area contributed by atoms with Crippen LogP contribution in [0, 0.1) is 11.3 Å². The molecule has 2 fully saturated rings. The molecule has 0 aliphatic heterocycles. The smallest absolute Gasteiger partial charge is 0.00965 e. The van der Waals surface area contributed by atoms with Gasteiger partial charge in [0.05, 0.1) is 0 Å². The lowest BCUT2D eigenvalue weighted by Gasteiger charge is -2.27. The molecule has 0 bridgehead atoms. The van der Waals surface area contributed by atoms with Crippen LogP contribution in [0.25, 0.3) is 0 Å². The van der Waals surface area contributed by atoms with Gasteiger partial charge in [-0.15, -0.1) is 0 Å². The summed E-state index contributed by atoms with van der Waals surface area (Å²) < 4.78 is 0. The highest BCUT2D eigenvalue weighted by molar-refractivity contribution is 4.88. The van der Waals surface area contributed by atoms with Crippen LogP contribution in [0.15, 0.2) is 0 Å². The molecular formula is C15H30N2. The molecule has 2 heteroatoms. The number of hydrogen-bond acceptors (Lipinski definition) is 2. The van der Waals surface area contributed by atoms with E-state index in [1.54, 1.807) is 0 Å². The quantitative estimate of drug-likeness (QED) is 0.669. The predicted molar refractivity (Wildman–Crippen MR) is 74.0 cm³/mol. The van der Waals surface area contributed by atoms with Crippen molar-refractivity contribution in [2.24, 2.45) is 17.1 Å². The van der Waals surface area contributed by atoms with Crippen LogP contribution in [-0.4, -0.2) is 30.6 Å². The van der Waals surface area contributed by atoms with Crippen LogP contribution in [0.4, 0.5) is 0 Å². The lowest BCUT2D eigenvalue weighted by atomic mass is 9.84. The van der Waals surface area contributed by atoms with Crippen LogP contribution < -0.4 is 5.73 Å². The minimum absolute atomic E-state index is 0.448. The molecule has 0 heterocycles. The molecule has 2 N–H and O–H groups in total. The fourth-order valence-corrected chi connectivity index (χ4v) is 2.77. The van der Waals surface area contributed by atoms with Crippen molar-refractivity contribution in [2.45, 2.75) is 64.8 Å². The first-order chi connectivity index (χ1) is 8.11. The van der Waals surface area contributed by atoms with Gasteiger partial charge in [-0.3, -0.25) is 0 Å². The topological polar surface area (TPSA) is 29.3 Å². The second-order valence-electron chi connectivity index (χ2n) is 6.98. The van der Waals surface area contributed by atoms with E-state index in [0.717, 1.165) is 18.5 Å². The largest absolute Gasteiger partial charge is 0.330 e. The summed E-state index contributed by atoms with van der Waals surface area (Å²) in [4.78, 5) is 2.77. The summed E-state index contributed by atoms with van der Waals surface area (Å²) in [5.41, 5.74) is 6.12. The first kappa shape index (κ1) is 13.4. The van der Waals surface area contributed by atoms with Crippen molar-refractivity contribution in [1.29, 1.82) is 0 Å². The Kier molecular flexibility index (Phi) is 4.48. The average molecular weight is 238 g/mol. The summed E-state index contributed by atoms with van der Waals surface area (Å²) in [7, 11) is 0. The van der Waals surface area contributed by atoms with E-state index in [-0.39, 0.29) is 0 Å². The van der Waals surface area contributed by atoms with E-state index in [1.165, 1.54) is 58.0 Å². The molecular weight excluding hydrogens is 208 g/mol. The number of rotatable bonds is 9. The van der Waals surface area contributed by atoms with Crippen molar-refractivity contribution in [1.82, 2.24) is 4.90 Å². The van der Waals surface area contributed by atoms with Crippen LogP contribution in [0.2, 0.25) is 0 Å². The molecule has 0 aromatic heterocycles. The highest BCUT2D eigenvalue weighted by Crippen LogP contribution is 2.35. The van der Waals surface area contributed by atoms with Crippen molar-refractivity contribution in [3.05, 3.63) is 0 Å². The zero-order valence-corrected chi connectivity index (χ0v) is 11.8. The fraction of sp³-hybridized carbons (Fsp3) is 1.00. The van der Waals surface area contributed by atoms with E-state index in [9.17, 15) is 0 Å². The Morgan fingerprint density at radius 1 is 1.12 bits per heavy atom. The maximum atomic E-state index is 5.67. The van der Waals surface area contributed by atoms with Gasteiger partial charge in [0.2, 0.25) is 0 Å². The number of nitrogens with zero attached hydrogens (tertiary/aromatic N) is 1. The van der Waals surface area contributed by atoms with Gasteiger partial charge in [-0.05, 0) is 69.4 Å². The molecule has 0 atom stereocenters. The molecule has 100 valence electrons. The molecule has 0 aromatic carbocycles. The van der Waals surface area contributed by atoms with Gasteiger partial charge in [-0.1, -0.05) is 13.8 Å². The molecule has 2 saturated carbocycles. The van der Waals surface area contributed by atoms with Crippen molar-refractivity contribution < 1.29 is 0 Å². The number of nitrogens with two attached hydrogens (primary N) is 1. The standard InChI is InChI=1S/C15H30N2/c1-15(2,9-10-16)8-3-11-17(14-6-7-14)12-13-4-5-13/h13-14H,3-12,16H2,1-2H3. The van der Waals surface area contributed by atoms with Gasteiger partial charge in [-0.2, -0.15) is 0 Å². The molecule has 2 aliphatic carbocycles. The molecule has 0 spiro atoms.